The molecule has 1 aromatic heterocycles. The maximum atomic E-state index is 6.50. The molecule has 0 spiro atoms. The fraction of sp³-hybridized carbons (Fsp3) is 0.188. The molecule has 0 saturated heterocycles. The molecular formula is C16H18N4O. The van der Waals surface area contributed by atoms with E-state index in [0.717, 1.165) is 22.6 Å². The van der Waals surface area contributed by atoms with Gasteiger partial charge in [-0.2, -0.15) is 0 Å². The molecule has 0 aliphatic carbocycles. The summed E-state index contributed by atoms with van der Waals surface area (Å²) in [6.45, 7) is 3.78. The van der Waals surface area contributed by atoms with Crippen LogP contribution in [0, 0.1) is 0 Å². The lowest BCUT2D eigenvalue weighted by atomic mass is 9.86. The van der Waals surface area contributed by atoms with Crippen molar-refractivity contribution in [2.45, 2.75) is 19.4 Å². The number of aromatic nitrogens is 1. The fourth-order valence-corrected chi connectivity index (χ4v) is 2.33. The first kappa shape index (κ1) is 13.5. The van der Waals surface area contributed by atoms with Crippen molar-refractivity contribution in [3.8, 4) is 5.75 Å². The summed E-state index contributed by atoms with van der Waals surface area (Å²) in [7, 11) is 0. The minimum Gasteiger partial charge on any atom is -0.456 e. The molecule has 1 unspecified atom stereocenters. The van der Waals surface area contributed by atoms with Crippen molar-refractivity contribution in [2.24, 2.45) is 11.5 Å². The number of nitrogens with two attached hydrogens (primary N) is 2. The zero-order chi connectivity index (χ0) is 15.0. The second-order valence-electron chi connectivity index (χ2n) is 5.35. The topological polar surface area (TPSA) is 86.2 Å². The zero-order valence-electron chi connectivity index (χ0n) is 12.1. The first-order chi connectivity index (χ1) is 9.98. The molecule has 0 fully saturated rings. The van der Waals surface area contributed by atoms with Crippen LogP contribution >= 0.6 is 0 Å². The smallest absolute Gasteiger partial charge is 0.150 e. The average Bonchev–Trinajstić information content (AvgIpc) is 2.49. The minimum atomic E-state index is -0.643. The second kappa shape index (κ2) is 4.79. The number of allylic oxidation sites excluding steroid dienone is 1. The number of hydrogen-bond acceptors (Lipinski definition) is 5. The third-order valence-corrected chi connectivity index (χ3v) is 3.75. The number of ether oxygens (including phenoxy) is 1. The fourth-order valence-electron chi connectivity index (χ4n) is 2.33. The molecule has 0 radical (unpaired) electrons. The van der Waals surface area contributed by atoms with Gasteiger partial charge in [0.1, 0.15) is 11.6 Å². The Kier molecular flexibility index (Phi) is 3.07. The van der Waals surface area contributed by atoms with Crippen LogP contribution in [0.2, 0.25) is 0 Å². The molecule has 5 nitrogen and oxygen atoms in total. The Labute approximate surface area is 123 Å². The highest BCUT2D eigenvalue weighted by Gasteiger charge is 2.26. The second-order valence-corrected chi connectivity index (χ2v) is 5.35. The Morgan fingerprint density at radius 1 is 1.24 bits per heavy atom. The Hall–Kier alpha value is -2.53. The maximum Gasteiger partial charge on any atom is 0.150 e. The van der Waals surface area contributed by atoms with E-state index in [9.17, 15) is 0 Å². The summed E-state index contributed by atoms with van der Waals surface area (Å²) < 4.78 is 5.66. The molecular weight excluding hydrogens is 264 g/mol. The van der Waals surface area contributed by atoms with Gasteiger partial charge in [0.2, 0.25) is 0 Å². The normalized spacial score (nSPS) is 16.5. The van der Waals surface area contributed by atoms with Crippen LogP contribution < -0.4 is 21.5 Å². The van der Waals surface area contributed by atoms with E-state index >= 15 is 0 Å². The van der Waals surface area contributed by atoms with Crippen molar-refractivity contribution in [1.82, 2.24) is 4.98 Å². The molecule has 1 aliphatic rings. The monoisotopic (exact) mass is 282 g/mol. The van der Waals surface area contributed by atoms with Gasteiger partial charge in [-0.3, -0.25) is 4.98 Å². The van der Waals surface area contributed by atoms with E-state index in [4.69, 9.17) is 16.2 Å². The van der Waals surface area contributed by atoms with E-state index in [1.165, 1.54) is 0 Å². The highest BCUT2D eigenvalue weighted by Crippen LogP contribution is 2.36. The predicted molar refractivity (Wildman–Crippen MR) is 82.5 cm³/mol. The van der Waals surface area contributed by atoms with E-state index in [0.29, 0.717) is 11.6 Å². The van der Waals surface area contributed by atoms with E-state index < -0.39 is 5.54 Å². The number of anilines is 1. The molecule has 5 heteroatoms. The van der Waals surface area contributed by atoms with Gasteiger partial charge in [0.25, 0.3) is 0 Å². The van der Waals surface area contributed by atoms with Crippen molar-refractivity contribution >= 4 is 5.69 Å². The summed E-state index contributed by atoms with van der Waals surface area (Å²) in [6.07, 6.45) is 3.51. The van der Waals surface area contributed by atoms with Crippen LogP contribution in [0.1, 0.15) is 25.0 Å². The number of rotatable bonds is 2. The number of fused-ring (bicyclic) bond motifs is 1. The number of nitrogens with one attached hydrogen (secondary N) is 1. The van der Waals surface area contributed by atoms with Crippen LogP contribution in [-0.4, -0.2) is 4.98 Å². The quantitative estimate of drug-likeness (QED) is 0.786. The molecule has 1 aromatic carbocycles. The largest absolute Gasteiger partial charge is 0.456 e. The maximum absolute atomic E-state index is 6.50. The lowest BCUT2D eigenvalue weighted by Gasteiger charge is -2.28. The molecule has 2 heterocycles. The summed E-state index contributed by atoms with van der Waals surface area (Å²) in [5, 5.41) is 3.13. The van der Waals surface area contributed by atoms with Crippen molar-refractivity contribution in [3.63, 3.8) is 0 Å². The van der Waals surface area contributed by atoms with Crippen molar-refractivity contribution in [2.75, 3.05) is 5.32 Å². The van der Waals surface area contributed by atoms with Crippen LogP contribution in [-0.2, 0) is 5.54 Å². The number of pyridine rings is 1. The van der Waals surface area contributed by atoms with Gasteiger partial charge in [-0.15, -0.1) is 0 Å². The molecule has 108 valence electrons. The number of nitrogens with zero attached hydrogens (tertiary/aromatic N) is 1. The van der Waals surface area contributed by atoms with Gasteiger partial charge in [0, 0.05) is 12.4 Å². The van der Waals surface area contributed by atoms with Gasteiger partial charge in [0.05, 0.1) is 11.2 Å². The van der Waals surface area contributed by atoms with E-state index in [2.05, 4.69) is 10.3 Å². The SMILES string of the molecule is CC1=C(N)Nc2cc(C(C)(N)c3cccnc3)ccc2O1. The summed E-state index contributed by atoms with van der Waals surface area (Å²) in [6, 6.07) is 9.66. The van der Waals surface area contributed by atoms with Crippen LogP contribution in [0.3, 0.4) is 0 Å². The molecule has 1 aliphatic heterocycles. The van der Waals surface area contributed by atoms with Crippen LogP contribution in [0.15, 0.2) is 54.3 Å². The predicted octanol–water partition coefficient (Wildman–Crippen LogP) is 2.26. The third-order valence-electron chi connectivity index (χ3n) is 3.75. The minimum absolute atomic E-state index is 0.514. The zero-order valence-corrected chi connectivity index (χ0v) is 12.1. The standard InChI is InChI=1S/C16H18N4O/c1-10-15(17)20-13-8-11(5-6-14(13)21-10)16(2,18)12-4-3-7-19-9-12/h3-9,20H,17-18H2,1-2H3. The van der Waals surface area contributed by atoms with Crippen LogP contribution in [0.4, 0.5) is 5.69 Å². The van der Waals surface area contributed by atoms with Gasteiger partial charge in [-0.05, 0) is 43.2 Å². The van der Waals surface area contributed by atoms with Crippen molar-refractivity contribution in [3.05, 3.63) is 65.4 Å². The van der Waals surface area contributed by atoms with Crippen molar-refractivity contribution < 1.29 is 4.74 Å². The molecule has 5 N–H and O–H groups in total. The van der Waals surface area contributed by atoms with Crippen LogP contribution in [0.25, 0.3) is 0 Å². The Morgan fingerprint density at radius 3 is 2.76 bits per heavy atom. The molecule has 0 saturated carbocycles. The first-order valence-electron chi connectivity index (χ1n) is 6.73. The highest BCUT2D eigenvalue weighted by molar-refractivity contribution is 5.64. The lowest BCUT2D eigenvalue weighted by molar-refractivity contribution is 0.415. The Bertz CT molecular complexity index is 707. The van der Waals surface area contributed by atoms with E-state index in [-0.39, 0.29) is 0 Å². The van der Waals surface area contributed by atoms with Gasteiger partial charge >= 0.3 is 0 Å². The van der Waals surface area contributed by atoms with Gasteiger partial charge in [-0.1, -0.05) is 12.1 Å². The van der Waals surface area contributed by atoms with Crippen molar-refractivity contribution in [1.29, 1.82) is 0 Å². The summed E-state index contributed by atoms with van der Waals surface area (Å²) >= 11 is 0. The third kappa shape index (κ3) is 2.32. The highest BCUT2D eigenvalue weighted by atomic mass is 16.5. The van der Waals surface area contributed by atoms with E-state index in [1.54, 1.807) is 12.4 Å². The molecule has 0 bridgehead atoms. The Morgan fingerprint density at radius 2 is 2.05 bits per heavy atom. The number of benzene rings is 1. The molecule has 0 amide bonds. The molecule has 3 rings (SSSR count). The lowest BCUT2D eigenvalue weighted by Crippen LogP contribution is -2.34. The molecule has 1 atom stereocenters. The van der Waals surface area contributed by atoms with Crippen LogP contribution in [0.5, 0.6) is 5.75 Å². The summed E-state index contributed by atoms with van der Waals surface area (Å²) in [5.41, 5.74) is 14.4. The average molecular weight is 282 g/mol. The van der Waals surface area contributed by atoms with Gasteiger partial charge in [0.15, 0.2) is 5.75 Å². The Balaban J connectivity index is 2.01. The molecule has 2 aromatic rings. The molecule has 21 heavy (non-hydrogen) atoms. The summed E-state index contributed by atoms with van der Waals surface area (Å²) in [4.78, 5) is 4.14. The number of hydrogen-bond donors (Lipinski definition) is 3. The van der Waals surface area contributed by atoms with Gasteiger partial charge in [-0.25, -0.2) is 0 Å². The summed E-state index contributed by atoms with van der Waals surface area (Å²) in [5.74, 6) is 1.92. The van der Waals surface area contributed by atoms with E-state index in [1.807, 2.05) is 44.2 Å². The first-order valence-corrected chi connectivity index (χ1v) is 6.73. The van der Waals surface area contributed by atoms with Gasteiger partial charge < -0.3 is 21.5 Å².